The molecule has 25 heavy (non-hydrogen) atoms. The Morgan fingerprint density at radius 2 is 1.80 bits per heavy atom. The van der Waals surface area contributed by atoms with Crippen molar-refractivity contribution >= 4 is 11.6 Å². The number of furan rings is 1. The van der Waals surface area contributed by atoms with Gasteiger partial charge in [-0.1, -0.05) is 18.2 Å². The second kappa shape index (κ2) is 7.13. The molecule has 0 unspecified atom stereocenters. The normalized spacial score (nSPS) is 10.5. The van der Waals surface area contributed by atoms with E-state index in [1.165, 1.54) is 6.07 Å². The van der Waals surface area contributed by atoms with Gasteiger partial charge in [-0.25, -0.2) is 0 Å². The monoisotopic (exact) mass is 337 g/mol. The molecule has 1 aromatic heterocycles. The maximum Gasteiger partial charge on any atom is 0.291 e. The SMILES string of the molecule is Cc1cc(C)cc(OCc2ccc(C(=O)Nc3ccccc3O)o2)c1. The van der Waals surface area contributed by atoms with E-state index in [2.05, 4.69) is 11.4 Å². The molecule has 0 saturated heterocycles. The van der Waals surface area contributed by atoms with Crippen molar-refractivity contribution in [3.63, 3.8) is 0 Å². The fraction of sp³-hybridized carbons (Fsp3) is 0.150. The second-order valence-corrected chi connectivity index (χ2v) is 5.85. The third-order valence-corrected chi connectivity index (χ3v) is 3.61. The summed E-state index contributed by atoms with van der Waals surface area (Å²) in [6, 6.07) is 15.8. The summed E-state index contributed by atoms with van der Waals surface area (Å²) in [5.41, 5.74) is 2.58. The number of nitrogens with one attached hydrogen (secondary N) is 1. The number of para-hydroxylation sites is 2. The Morgan fingerprint density at radius 3 is 2.52 bits per heavy atom. The van der Waals surface area contributed by atoms with Crippen molar-refractivity contribution in [1.29, 1.82) is 0 Å². The molecule has 0 fully saturated rings. The third kappa shape index (κ3) is 4.20. The van der Waals surface area contributed by atoms with Gasteiger partial charge in [0, 0.05) is 0 Å². The lowest BCUT2D eigenvalue weighted by atomic mass is 10.1. The van der Waals surface area contributed by atoms with Crippen molar-refractivity contribution in [2.24, 2.45) is 0 Å². The first kappa shape index (κ1) is 16.6. The summed E-state index contributed by atoms with van der Waals surface area (Å²) in [6.07, 6.45) is 0. The van der Waals surface area contributed by atoms with Crippen LogP contribution in [-0.4, -0.2) is 11.0 Å². The maximum absolute atomic E-state index is 12.2. The lowest BCUT2D eigenvalue weighted by Crippen LogP contribution is -2.10. The minimum Gasteiger partial charge on any atom is -0.506 e. The fourth-order valence-corrected chi connectivity index (χ4v) is 2.51. The summed E-state index contributed by atoms with van der Waals surface area (Å²) in [5.74, 6) is 1.03. The first-order chi connectivity index (χ1) is 12.0. The van der Waals surface area contributed by atoms with Gasteiger partial charge in [0.25, 0.3) is 5.91 Å². The van der Waals surface area contributed by atoms with Crippen molar-refractivity contribution in [3.8, 4) is 11.5 Å². The number of phenolic OH excluding ortho intramolecular Hbond substituents is 1. The average molecular weight is 337 g/mol. The van der Waals surface area contributed by atoms with E-state index >= 15 is 0 Å². The molecule has 0 aliphatic rings. The Morgan fingerprint density at radius 1 is 1.08 bits per heavy atom. The Hall–Kier alpha value is -3.21. The van der Waals surface area contributed by atoms with Crippen molar-refractivity contribution in [3.05, 3.63) is 77.2 Å². The molecule has 2 N–H and O–H groups in total. The number of aryl methyl sites for hydroxylation is 2. The zero-order chi connectivity index (χ0) is 17.8. The number of carbonyl (C=O) groups is 1. The van der Waals surface area contributed by atoms with Crippen LogP contribution in [-0.2, 0) is 6.61 Å². The van der Waals surface area contributed by atoms with Gasteiger partial charge >= 0.3 is 0 Å². The molecule has 0 atom stereocenters. The van der Waals surface area contributed by atoms with Crippen molar-refractivity contribution < 1.29 is 19.1 Å². The van der Waals surface area contributed by atoms with E-state index in [1.54, 1.807) is 30.3 Å². The maximum atomic E-state index is 12.2. The molecule has 5 heteroatoms. The highest BCUT2D eigenvalue weighted by atomic mass is 16.5. The standard InChI is InChI=1S/C20H19NO4/c1-13-9-14(2)11-16(10-13)24-12-15-7-8-19(25-15)20(23)21-17-5-3-4-6-18(17)22/h3-11,22H,12H2,1-2H3,(H,21,23). The highest BCUT2D eigenvalue weighted by Gasteiger charge is 2.13. The molecule has 5 nitrogen and oxygen atoms in total. The van der Waals surface area contributed by atoms with Crippen LogP contribution in [0.4, 0.5) is 5.69 Å². The molecule has 0 aliphatic heterocycles. The predicted octanol–water partition coefficient (Wildman–Crippen LogP) is 4.43. The van der Waals surface area contributed by atoms with Crippen LogP contribution >= 0.6 is 0 Å². The first-order valence-electron chi connectivity index (χ1n) is 7.90. The van der Waals surface area contributed by atoms with Crippen LogP contribution < -0.4 is 10.1 Å². The van der Waals surface area contributed by atoms with Crippen LogP contribution in [0.15, 0.2) is 59.0 Å². The highest BCUT2D eigenvalue weighted by Crippen LogP contribution is 2.23. The first-order valence-corrected chi connectivity index (χ1v) is 7.90. The van der Waals surface area contributed by atoms with Crippen LogP contribution in [0.5, 0.6) is 11.5 Å². The Kier molecular flexibility index (Phi) is 4.75. The zero-order valence-electron chi connectivity index (χ0n) is 14.1. The molecule has 0 aliphatic carbocycles. The van der Waals surface area contributed by atoms with Gasteiger partial charge in [0.1, 0.15) is 23.9 Å². The van der Waals surface area contributed by atoms with Crippen LogP contribution in [0.1, 0.15) is 27.4 Å². The van der Waals surface area contributed by atoms with Gasteiger partial charge in [-0.3, -0.25) is 4.79 Å². The van der Waals surface area contributed by atoms with Gasteiger partial charge < -0.3 is 19.6 Å². The van der Waals surface area contributed by atoms with Crippen molar-refractivity contribution in [1.82, 2.24) is 0 Å². The number of hydrogen-bond donors (Lipinski definition) is 2. The predicted molar refractivity (Wildman–Crippen MR) is 95.0 cm³/mol. The summed E-state index contributed by atoms with van der Waals surface area (Å²) >= 11 is 0. The van der Waals surface area contributed by atoms with Gasteiger partial charge in [-0.2, -0.15) is 0 Å². The molecular weight excluding hydrogens is 318 g/mol. The molecule has 0 spiro atoms. The Labute approximate surface area is 145 Å². The molecule has 3 rings (SSSR count). The average Bonchev–Trinajstić information content (AvgIpc) is 3.03. The largest absolute Gasteiger partial charge is 0.506 e. The van der Waals surface area contributed by atoms with Gasteiger partial charge in [0.15, 0.2) is 5.76 Å². The summed E-state index contributed by atoms with van der Waals surface area (Å²) < 4.78 is 11.2. The number of carbonyl (C=O) groups excluding carboxylic acids is 1. The number of aromatic hydroxyl groups is 1. The molecule has 1 heterocycles. The van der Waals surface area contributed by atoms with E-state index in [0.717, 1.165) is 16.9 Å². The van der Waals surface area contributed by atoms with E-state index < -0.39 is 5.91 Å². The van der Waals surface area contributed by atoms with E-state index in [9.17, 15) is 9.90 Å². The third-order valence-electron chi connectivity index (χ3n) is 3.61. The molecular formula is C20H19NO4. The van der Waals surface area contributed by atoms with E-state index in [-0.39, 0.29) is 18.1 Å². The topological polar surface area (TPSA) is 71.7 Å². The summed E-state index contributed by atoms with van der Waals surface area (Å²) in [5, 5.41) is 12.3. The van der Waals surface area contributed by atoms with E-state index in [1.807, 2.05) is 26.0 Å². The number of amides is 1. The minimum atomic E-state index is -0.431. The number of hydrogen-bond acceptors (Lipinski definition) is 4. The molecule has 0 bridgehead atoms. The Bertz CT molecular complexity index is 878. The number of anilines is 1. The molecule has 3 aromatic rings. The van der Waals surface area contributed by atoms with Crippen LogP contribution in [0.3, 0.4) is 0 Å². The molecule has 2 aromatic carbocycles. The number of benzene rings is 2. The molecule has 1 amide bonds. The lowest BCUT2D eigenvalue weighted by molar-refractivity contribution is 0.0992. The number of rotatable bonds is 5. The smallest absolute Gasteiger partial charge is 0.291 e. The van der Waals surface area contributed by atoms with E-state index in [4.69, 9.17) is 9.15 Å². The lowest BCUT2D eigenvalue weighted by Gasteiger charge is -2.07. The van der Waals surface area contributed by atoms with Crippen LogP contribution in [0.25, 0.3) is 0 Å². The van der Waals surface area contributed by atoms with Gasteiger partial charge in [-0.15, -0.1) is 0 Å². The zero-order valence-corrected chi connectivity index (χ0v) is 14.1. The quantitative estimate of drug-likeness (QED) is 0.676. The molecule has 0 saturated carbocycles. The van der Waals surface area contributed by atoms with E-state index in [0.29, 0.717) is 11.4 Å². The van der Waals surface area contributed by atoms with Crippen LogP contribution in [0, 0.1) is 13.8 Å². The number of phenols is 1. The van der Waals surface area contributed by atoms with Gasteiger partial charge in [0.2, 0.25) is 0 Å². The van der Waals surface area contributed by atoms with Crippen LogP contribution in [0.2, 0.25) is 0 Å². The summed E-state index contributed by atoms with van der Waals surface area (Å²) in [6.45, 7) is 4.25. The summed E-state index contributed by atoms with van der Waals surface area (Å²) in [7, 11) is 0. The summed E-state index contributed by atoms with van der Waals surface area (Å²) in [4.78, 5) is 12.2. The highest BCUT2D eigenvalue weighted by molar-refractivity contribution is 6.03. The molecule has 0 radical (unpaired) electrons. The fourth-order valence-electron chi connectivity index (χ4n) is 2.51. The van der Waals surface area contributed by atoms with Gasteiger partial charge in [-0.05, 0) is 61.4 Å². The Balaban J connectivity index is 1.64. The van der Waals surface area contributed by atoms with Crippen molar-refractivity contribution in [2.75, 3.05) is 5.32 Å². The van der Waals surface area contributed by atoms with Crippen molar-refractivity contribution in [2.45, 2.75) is 20.5 Å². The second-order valence-electron chi connectivity index (χ2n) is 5.85. The molecule has 128 valence electrons. The number of ether oxygens (including phenoxy) is 1. The van der Waals surface area contributed by atoms with Gasteiger partial charge in [0.05, 0.1) is 5.69 Å². The minimum absolute atomic E-state index is 0.000722.